The lowest BCUT2D eigenvalue weighted by Crippen LogP contribution is -2.56. The summed E-state index contributed by atoms with van der Waals surface area (Å²) in [7, 11) is 0. The molecule has 1 aliphatic rings. The Morgan fingerprint density at radius 2 is 1.94 bits per heavy atom. The van der Waals surface area contributed by atoms with Crippen LogP contribution in [0.2, 0.25) is 0 Å². The molecule has 1 heterocycles. The van der Waals surface area contributed by atoms with E-state index in [2.05, 4.69) is 18.7 Å². The first kappa shape index (κ1) is 14.5. The molecule has 4 nitrogen and oxygen atoms in total. The molecule has 1 fully saturated rings. The van der Waals surface area contributed by atoms with Gasteiger partial charge in [-0.1, -0.05) is 6.42 Å². The molecule has 0 aromatic rings. The van der Waals surface area contributed by atoms with Gasteiger partial charge in [-0.25, -0.2) is 0 Å². The number of nitrogens with zero attached hydrogens (tertiary/aromatic N) is 1. The van der Waals surface area contributed by atoms with Crippen LogP contribution in [0.15, 0.2) is 0 Å². The Morgan fingerprint density at radius 3 is 2.41 bits per heavy atom. The number of rotatable bonds is 5. The molecule has 1 rings (SSSR count). The molecule has 1 saturated heterocycles. The Labute approximate surface area is 104 Å². The van der Waals surface area contributed by atoms with Gasteiger partial charge in [0.2, 0.25) is 0 Å². The van der Waals surface area contributed by atoms with Crippen molar-refractivity contribution in [3.8, 4) is 0 Å². The van der Waals surface area contributed by atoms with E-state index in [1.807, 2.05) is 6.92 Å². The van der Waals surface area contributed by atoms with Crippen LogP contribution < -0.4 is 5.73 Å². The van der Waals surface area contributed by atoms with Gasteiger partial charge >= 0.3 is 5.97 Å². The SMILES string of the molecule is CCOC(=O)C(CN)C(C)(C)N1CCCCC1. The van der Waals surface area contributed by atoms with E-state index in [4.69, 9.17) is 10.5 Å². The second-order valence-corrected chi connectivity index (χ2v) is 5.24. The lowest BCUT2D eigenvalue weighted by atomic mass is 9.84. The average molecular weight is 242 g/mol. The standard InChI is InChI=1S/C13H26N2O2/c1-4-17-12(16)11(10-14)13(2,3)15-8-6-5-7-9-15/h11H,4-10,14H2,1-3H3. The van der Waals surface area contributed by atoms with Crippen LogP contribution in [-0.2, 0) is 9.53 Å². The zero-order valence-corrected chi connectivity index (χ0v) is 11.4. The highest BCUT2D eigenvalue weighted by atomic mass is 16.5. The van der Waals surface area contributed by atoms with E-state index >= 15 is 0 Å². The largest absolute Gasteiger partial charge is 0.466 e. The van der Waals surface area contributed by atoms with E-state index in [1.165, 1.54) is 19.3 Å². The highest BCUT2D eigenvalue weighted by Crippen LogP contribution is 2.28. The number of likely N-dealkylation sites (tertiary alicyclic amines) is 1. The highest BCUT2D eigenvalue weighted by molar-refractivity contribution is 5.74. The number of esters is 1. The molecule has 100 valence electrons. The van der Waals surface area contributed by atoms with E-state index in [-0.39, 0.29) is 17.4 Å². The van der Waals surface area contributed by atoms with Crippen LogP contribution in [0.25, 0.3) is 0 Å². The fraction of sp³-hybridized carbons (Fsp3) is 0.923. The Bertz CT molecular complexity index is 248. The summed E-state index contributed by atoms with van der Waals surface area (Å²) in [5.41, 5.74) is 5.56. The molecule has 2 N–H and O–H groups in total. The van der Waals surface area contributed by atoms with Gasteiger partial charge < -0.3 is 10.5 Å². The summed E-state index contributed by atoms with van der Waals surface area (Å²) in [5.74, 6) is -0.397. The molecular formula is C13H26N2O2. The molecule has 0 saturated carbocycles. The molecule has 0 amide bonds. The normalized spacial score (nSPS) is 20.0. The van der Waals surface area contributed by atoms with Crippen molar-refractivity contribution in [1.29, 1.82) is 0 Å². The van der Waals surface area contributed by atoms with E-state index in [0.29, 0.717) is 13.2 Å². The number of carbonyl (C=O) groups is 1. The van der Waals surface area contributed by atoms with Gasteiger partial charge in [-0.2, -0.15) is 0 Å². The van der Waals surface area contributed by atoms with Gasteiger partial charge in [0.25, 0.3) is 0 Å². The van der Waals surface area contributed by atoms with Gasteiger partial charge in [-0.05, 0) is 46.7 Å². The highest BCUT2D eigenvalue weighted by Gasteiger charge is 2.40. The zero-order chi connectivity index (χ0) is 12.9. The van der Waals surface area contributed by atoms with Gasteiger partial charge in [0.05, 0.1) is 12.5 Å². The smallest absolute Gasteiger partial charge is 0.312 e. The Kier molecular flexibility index (Phi) is 5.40. The van der Waals surface area contributed by atoms with Crippen molar-refractivity contribution in [1.82, 2.24) is 4.90 Å². The van der Waals surface area contributed by atoms with Crippen molar-refractivity contribution in [3.63, 3.8) is 0 Å². The van der Waals surface area contributed by atoms with E-state index < -0.39 is 0 Å². The molecule has 1 atom stereocenters. The fourth-order valence-corrected chi connectivity index (χ4v) is 2.61. The molecule has 0 aromatic carbocycles. The quantitative estimate of drug-likeness (QED) is 0.740. The lowest BCUT2D eigenvalue weighted by Gasteiger charge is -2.44. The molecule has 0 aromatic heterocycles. The van der Waals surface area contributed by atoms with Crippen LogP contribution in [-0.4, -0.2) is 42.6 Å². The minimum Gasteiger partial charge on any atom is -0.466 e. The molecule has 17 heavy (non-hydrogen) atoms. The first-order valence-corrected chi connectivity index (χ1v) is 6.65. The number of hydrogen-bond acceptors (Lipinski definition) is 4. The summed E-state index contributed by atoms with van der Waals surface area (Å²) in [6, 6.07) is 0. The van der Waals surface area contributed by atoms with Crippen molar-refractivity contribution in [2.45, 2.75) is 45.6 Å². The Morgan fingerprint density at radius 1 is 1.35 bits per heavy atom. The maximum Gasteiger partial charge on any atom is 0.312 e. The number of carbonyl (C=O) groups excluding carboxylic acids is 1. The third kappa shape index (κ3) is 3.42. The number of nitrogens with two attached hydrogens (primary N) is 1. The summed E-state index contributed by atoms with van der Waals surface area (Å²) in [4.78, 5) is 14.3. The summed E-state index contributed by atoms with van der Waals surface area (Å²) < 4.78 is 5.13. The molecule has 0 aliphatic carbocycles. The summed E-state index contributed by atoms with van der Waals surface area (Å²) in [6.45, 7) is 8.93. The predicted molar refractivity (Wildman–Crippen MR) is 68.7 cm³/mol. The molecule has 1 unspecified atom stereocenters. The topological polar surface area (TPSA) is 55.6 Å². The Hall–Kier alpha value is -0.610. The van der Waals surface area contributed by atoms with Crippen LogP contribution >= 0.6 is 0 Å². The third-order valence-electron chi connectivity index (χ3n) is 3.83. The second kappa shape index (κ2) is 6.36. The maximum absolute atomic E-state index is 11.9. The van der Waals surface area contributed by atoms with Crippen LogP contribution in [0.3, 0.4) is 0 Å². The number of piperidine rings is 1. The van der Waals surface area contributed by atoms with Crippen molar-refractivity contribution in [2.24, 2.45) is 11.7 Å². The Balaban J connectivity index is 2.72. The lowest BCUT2D eigenvalue weighted by molar-refractivity contribution is -0.153. The third-order valence-corrected chi connectivity index (χ3v) is 3.83. The van der Waals surface area contributed by atoms with Crippen LogP contribution in [0.4, 0.5) is 0 Å². The van der Waals surface area contributed by atoms with Crippen molar-refractivity contribution >= 4 is 5.97 Å². The van der Waals surface area contributed by atoms with Gasteiger partial charge in [0.1, 0.15) is 0 Å². The van der Waals surface area contributed by atoms with E-state index in [0.717, 1.165) is 13.1 Å². The monoisotopic (exact) mass is 242 g/mol. The number of ether oxygens (including phenoxy) is 1. The summed E-state index contributed by atoms with van der Waals surface area (Å²) in [6.07, 6.45) is 3.71. The van der Waals surface area contributed by atoms with Gasteiger partial charge in [0.15, 0.2) is 0 Å². The molecule has 0 bridgehead atoms. The minimum atomic E-state index is -0.236. The van der Waals surface area contributed by atoms with Crippen LogP contribution in [0.5, 0.6) is 0 Å². The van der Waals surface area contributed by atoms with Gasteiger partial charge in [-0.15, -0.1) is 0 Å². The molecule has 0 spiro atoms. The maximum atomic E-state index is 11.9. The van der Waals surface area contributed by atoms with Crippen LogP contribution in [0, 0.1) is 5.92 Å². The molecular weight excluding hydrogens is 216 g/mol. The summed E-state index contributed by atoms with van der Waals surface area (Å²) >= 11 is 0. The predicted octanol–water partition coefficient (Wildman–Crippen LogP) is 1.39. The second-order valence-electron chi connectivity index (χ2n) is 5.24. The minimum absolute atomic E-state index is 0.162. The first-order valence-electron chi connectivity index (χ1n) is 6.65. The van der Waals surface area contributed by atoms with Gasteiger partial charge in [0, 0.05) is 12.1 Å². The van der Waals surface area contributed by atoms with Gasteiger partial charge in [-0.3, -0.25) is 9.69 Å². The number of hydrogen-bond donors (Lipinski definition) is 1. The van der Waals surface area contributed by atoms with Crippen molar-refractivity contribution < 1.29 is 9.53 Å². The van der Waals surface area contributed by atoms with Crippen LogP contribution in [0.1, 0.15) is 40.0 Å². The molecule has 0 radical (unpaired) electrons. The van der Waals surface area contributed by atoms with E-state index in [1.54, 1.807) is 0 Å². The summed E-state index contributed by atoms with van der Waals surface area (Å²) in [5, 5.41) is 0. The van der Waals surface area contributed by atoms with E-state index in [9.17, 15) is 4.79 Å². The van der Waals surface area contributed by atoms with Crippen molar-refractivity contribution in [2.75, 3.05) is 26.2 Å². The fourth-order valence-electron chi connectivity index (χ4n) is 2.61. The average Bonchev–Trinajstić information content (AvgIpc) is 2.31. The first-order chi connectivity index (χ1) is 8.04. The molecule has 4 heteroatoms. The molecule has 1 aliphatic heterocycles. The van der Waals surface area contributed by atoms with Crippen molar-refractivity contribution in [3.05, 3.63) is 0 Å². The zero-order valence-electron chi connectivity index (χ0n) is 11.4.